The van der Waals surface area contributed by atoms with Gasteiger partial charge < -0.3 is 9.80 Å². The molecule has 1 saturated carbocycles. The van der Waals surface area contributed by atoms with Crippen LogP contribution < -0.4 is 0 Å². The van der Waals surface area contributed by atoms with E-state index in [9.17, 15) is 14.0 Å². The van der Waals surface area contributed by atoms with Gasteiger partial charge in [0.25, 0.3) is 0 Å². The Hall–Kier alpha value is -1.91. The number of hydrogen-bond donors (Lipinski definition) is 0. The summed E-state index contributed by atoms with van der Waals surface area (Å²) in [5.41, 5.74) is 0.824. The standard InChI is InChI=1S/C19H25FN2O2/c20-17-8-6-15(7-9-17)14-18(23)21-10-3-11-22(13-12-21)19(24)16-4-1-2-5-16/h6-9,16H,1-5,10-14H2. The van der Waals surface area contributed by atoms with Crippen LogP contribution in [-0.4, -0.2) is 47.8 Å². The third-order valence-corrected chi connectivity index (χ3v) is 5.13. The number of benzene rings is 1. The van der Waals surface area contributed by atoms with Crippen LogP contribution in [0.4, 0.5) is 4.39 Å². The van der Waals surface area contributed by atoms with Gasteiger partial charge in [0.1, 0.15) is 5.82 Å². The zero-order valence-electron chi connectivity index (χ0n) is 14.0. The van der Waals surface area contributed by atoms with Crippen LogP contribution in [0.2, 0.25) is 0 Å². The SMILES string of the molecule is O=C(Cc1ccc(F)cc1)N1CCCN(C(=O)C2CCCC2)CC1. The van der Waals surface area contributed by atoms with Gasteiger partial charge in [-0.15, -0.1) is 0 Å². The molecule has 1 aliphatic heterocycles. The first-order valence-corrected chi connectivity index (χ1v) is 8.94. The van der Waals surface area contributed by atoms with Crippen molar-refractivity contribution in [3.8, 4) is 0 Å². The number of hydrogen-bond acceptors (Lipinski definition) is 2. The second-order valence-corrected chi connectivity index (χ2v) is 6.84. The summed E-state index contributed by atoms with van der Waals surface area (Å²) in [6.07, 6.45) is 5.47. The van der Waals surface area contributed by atoms with Crippen LogP contribution in [0.3, 0.4) is 0 Å². The molecule has 24 heavy (non-hydrogen) atoms. The van der Waals surface area contributed by atoms with Gasteiger partial charge in [-0.05, 0) is 37.0 Å². The highest BCUT2D eigenvalue weighted by Gasteiger charge is 2.29. The van der Waals surface area contributed by atoms with E-state index in [0.717, 1.165) is 44.2 Å². The molecule has 0 aromatic heterocycles. The van der Waals surface area contributed by atoms with Crippen LogP contribution in [0.1, 0.15) is 37.7 Å². The smallest absolute Gasteiger partial charge is 0.227 e. The van der Waals surface area contributed by atoms with Crippen molar-refractivity contribution in [1.82, 2.24) is 9.80 Å². The van der Waals surface area contributed by atoms with Gasteiger partial charge in [-0.2, -0.15) is 0 Å². The van der Waals surface area contributed by atoms with Gasteiger partial charge in [0.05, 0.1) is 6.42 Å². The van der Waals surface area contributed by atoms with Crippen molar-refractivity contribution in [2.45, 2.75) is 38.5 Å². The second-order valence-electron chi connectivity index (χ2n) is 6.84. The third-order valence-electron chi connectivity index (χ3n) is 5.13. The topological polar surface area (TPSA) is 40.6 Å². The Bertz CT molecular complexity index is 582. The maximum atomic E-state index is 12.9. The van der Waals surface area contributed by atoms with Crippen LogP contribution in [0, 0.1) is 11.7 Å². The molecule has 1 aromatic carbocycles. The molecular formula is C19H25FN2O2. The van der Waals surface area contributed by atoms with Crippen LogP contribution >= 0.6 is 0 Å². The van der Waals surface area contributed by atoms with E-state index in [2.05, 4.69) is 0 Å². The lowest BCUT2D eigenvalue weighted by molar-refractivity contribution is -0.136. The molecule has 1 saturated heterocycles. The van der Waals surface area contributed by atoms with E-state index in [4.69, 9.17) is 0 Å². The summed E-state index contributed by atoms with van der Waals surface area (Å²) in [5, 5.41) is 0. The van der Waals surface area contributed by atoms with Crippen molar-refractivity contribution in [3.05, 3.63) is 35.6 Å². The summed E-state index contributed by atoms with van der Waals surface area (Å²) in [4.78, 5) is 28.8. The molecule has 1 aliphatic carbocycles. The van der Waals surface area contributed by atoms with Crippen LogP contribution in [0.15, 0.2) is 24.3 Å². The number of halogens is 1. The van der Waals surface area contributed by atoms with Gasteiger partial charge in [-0.25, -0.2) is 4.39 Å². The highest BCUT2D eigenvalue weighted by atomic mass is 19.1. The highest BCUT2D eigenvalue weighted by Crippen LogP contribution is 2.27. The summed E-state index contributed by atoms with van der Waals surface area (Å²) in [6, 6.07) is 6.07. The highest BCUT2D eigenvalue weighted by molar-refractivity contribution is 5.80. The molecule has 1 heterocycles. The minimum absolute atomic E-state index is 0.0526. The van der Waals surface area contributed by atoms with Gasteiger partial charge in [0.15, 0.2) is 0 Å². The van der Waals surface area contributed by atoms with Crippen LogP contribution in [-0.2, 0) is 16.0 Å². The average Bonchev–Trinajstić information content (AvgIpc) is 3.00. The zero-order chi connectivity index (χ0) is 16.9. The lowest BCUT2D eigenvalue weighted by Gasteiger charge is -2.24. The van der Waals surface area contributed by atoms with Crippen molar-refractivity contribution in [1.29, 1.82) is 0 Å². The fourth-order valence-electron chi connectivity index (χ4n) is 3.71. The molecule has 4 nitrogen and oxygen atoms in total. The van der Waals surface area contributed by atoms with Crippen LogP contribution in [0.25, 0.3) is 0 Å². The predicted molar refractivity (Wildman–Crippen MR) is 89.8 cm³/mol. The number of carbonyl (C=O) groups excluding carboxylic acids is 2. The van der Waals surface area contributed by atoms with Crippen molar-refractivity contribution in [3.63, 3.8) is 0 Å². The van der Waals surface area contributed by atoms with Gasteiger partial charge >= 0.3 is 0 Å². The van der Waals surface area contributed by atoms with E-state index >= 15 is 0 Å². The fourth-order valence-corrected chi connectivity index (χ4v) is 3.71. The Morgan fingerprint density at radius 2 is 1.54 bits per heavy atom. The minimum Gasteiger partial charge on any atom is -0.341 e. The number of nitrogens with zero attached hydrogens (tertiary/aromatic N) is 2. The summed E-state index contributed by atoms with van der Waals surface area (Å²) in [7, 11) is 0. The Kier molecular flexibility index (Phi) is 5.48. The predicted octanol–water partition coefficient (Wildman–Crippen LogP) is 2.62. The molecule has 0 radical (unpaired) electrons. The lowest BCUT2D eigenvalue weighted by Crippen LogP contribution is -2.39. The normalized spacial score (nSPS) is 19.4. The van der Waals surface area contributed by atoms with Gasteiger partial charge in [0, 0.05) is 32.1 Å². The number of amides is 2. The Labute approximate surface area is 142 Å². The zero-order valence-corrected chi connectivity index (χ0v) is 14.0. The third kappa shape index (κ3) is 4.13. The van der Waals surface area contributed by atoms with Crippen molar-refractivity contribution in [2.24, 2.45) is 5.92 Å². The summed E-state index contributed by atoms with van der Waals surface area (Å²) < 4.78 is 12.9. The second kappa shape index (κ2) is 7.77. The van der Waals surface area contributed by atoms with Gasteiger partial charge in [-0.1, -0.05) is 25.0 Å². The fraction of sp³-hybridized carbons (Fsp3) is 0.579. The quantitative estimate of drug-likeness (QED) is 0.854. The van der Waals surface area contributed by atoms with Gasteiger partial charge in [0.2, 0.25) is 11.8 Å². The molecule has 0 atom stereocenters. The Morgan fingerprint density at radius 1 is 0.917 bits per heavy atom. The van der Waals surface area contributed by atoms with Crippen molar-refractivity contribution >= 4 is 11.8 Å². The van der Waals surface area contributed by atoms with E-state index in [-0.39, 0.29) is 30.0 Å². The molecule has 0 N–H and O–H groups in total. The molecule has 0 unspecified atom stereocenters. The molecule has 5 heteroatoms. The van der Waals surface area contributed by atoms with Crippen molar-refractivity contribution < 1.29 is 14.0 Å². The van der Waals surface area contributed by atoms with Crippen molar-refractivity contribution in [2.75, 3.05) is 26.2 Å². The number of carbonyl (C=O) groups is 2. The molecule has 2 fully saturated rings. The summed E-state index contributed by atoms with van der Waals surface area (Å²) in [5.74, 6) is 0.241. The maximum absolute atomic E-state index is 12.9. The van der Waals surface area contributed by atoms with E-state index in [1.807, 2.05) is 9.80 Å². The lowest BCUT2D eigenvalue weighted by atomic mass is 10.1. The summed E-state index contributed by atoms with van der Waals surface area (Å²) in [6.45, 7) is 2.66. The molecule has 2 aliphatic rings. The molecule has 3 rings (SSSR count). The van der Waals surface area contributed by atoms with E-state index < -0.39 is 0 Å². The average molecular weight is 332 g/mol. The Morgan fingerprint density at radius 3 is 2.25 bits per heavy atom. The monoisotopic (exact) mass is 332 g/mol. The molecule has 1 aromatic rings. The maximum Gasteiger partial charge on any atom is 0.227 e. The Balaban J connectivity index is 1.53. The molecule has 2 amide bonds. The largest absolute Gasteiger partial charge is 0.341 e. The minimum atomic E-state index is -0.290. The first kappa shape index (κ1) is 16.9. The molecule has 130 valence electrons. The van der Waals surface area contributed by atoms with Gasteiger partial charge in [-0.3, -0.25) is 9.59 Å². The molecule has 0 bridgehead atoms. The van der Waals surface area contributed by atoms with Crippen LogP contribution in [0.5, 0.6) is 0 Å². The first-order chi connectivity index (χ1) is 11.6. The van der Waals surface area contributed by atoms with E-state index in [0.29, 0.717) is 19.6 Å². The summed E-state index contributed by atoms with van der Waals surface area (Å²) >= 11 is 0. The number of rotatable bonds is 3. The molecular weight excluding hydrogens is 307 g/mol. The van der Waals surface area contributed by atoms with E-state index in [1.165, 1.54) is 12.1 Å². The first-order valence-electron chi connectivity index (χ1n) is 8.94. The molecule has 0 spiro atoms. The van der Waals surface area contributed by atoms with E-state index in [1.54, 1.807) is 12.1 Å².